The van der Waals surface area contributed by atoms with Crippen LogP contribution in [0.25, 0.3) is 0 Å². The molecule has 0 radical (unpaired) electrons. The minimum Gasteiger partial charge on any atom is -0.389 e. The summed E-state index contributed by atoms with van der Waals surface area (Å²) in [6.45, 7) is 0.494. The summed E-state index contributed by atoms with van der Waals surface area (Å²) in [6, 6.07) is 6.42. The van der Waals surface area contributed by atoms with Crippen molar-refractivity contribution < 1.29 is 4.39 Å². The SMILES string of the molecule is NC(=S)c1ccc(NCc2ccncn2)cc1F. The van der Waals surface area contributed by atoms with Crippen LogP contribution in [0.2, 0.25) is 0 Å². The zero-order valence-electron chi connectivity index (χ0n) is 9.43. The molecule has 0 atom stereocenters. The number of nitrogens with two attached hydrogens (primary N) is 1. The highest BCUT2D eigenvalue weighted by molar-refractivity contribution is 7.80. The third-order valence-corrected chi connectivity index (χ3v) is 2.57. The van der Waals surface area contributed by atoms with Crippen molar-refractivity contribution in [2.45, 2.75) is 6.54 Å². The maximum absolute atomic E-state index is 13.6. The predicted octanol–water partition coefficient (Wildman–Crippen LogP) is 1.86. The second-order valence-electron chi connectivity index (χ2n) is 3.61. The maximum atomic E-state index is 13.6. The molecule has 0 aliphatic heterocycles. The van der Waals surface area contributed by atoms with Crippen molar-refractivity contribution in [3.05, 3.63) is 53.9 Å². The topological polar surface area (TPSA) is 63.8 Å². The Balaban J connectivity index is 2.07. The summed E-state index contributed by atoms with van der Waals surface area (Å²) in [5, 5.41) is 3.05. The lowest BCUT2D eigenvalue weighted by Crippen LogP contribution is -2.12. The van der Waals surface area contributed by atoms with Crippen LogP contribution in [0.3, 0.4) is 0 Å². The average Bonchev–Trinajstić information content (AvgIpc) is 2.37. The molecule has 6 heteroatoms. The van der Waals surface area contributed by atoms with Crippen LogP contribution in [-0.4, -0.2) is 15.0 Å². The van der Waals surface area contributed by atoms with Crippen molar-refractivity contribution in [2.24, 2.45) is 5.73 Å². The number of anilines is 1. The van der Waals surface area contributed by atoms with E-state index in [1.165, 1.54) is 12.4 Å². The molecule has 0 saturated carbocycles. The van der Waals surface area contributed by atoms with Crippen LogP contribution in [0.1, 0.15) is 11.3 Å². The Bertz CT molecular complexity index is 559. The van der Waals surface area contributed by atoms with E-state index in [4.69, 9.17) is 18.0 Å². The maximum Gasteiger partial charge on any atom is 0.135 e. The van der Waals surface area contributed by atoms with Gasteiger partial charge in [0.05, 0.1) is 12.2 Å². The number of halogens is 1. The highest BCUT2D eigenvalue weighted by Gasteiger charge is 2.05. The first-order valence-electron chi connectivity index (χ1n) is 5.25. The van der Waals surface area contributed by atoms with E-state index in [2.05, 4.69) is 15.3 Å². The molecule has 0 amide bonds. The fourth-order valence-electron chi connectivity index (χ4n) is 1.44. The molecular weight excluding hydrogens is 251 g/mol. The number of hydrogen-bond donors (Lipinski definition) is 2. The molecule has 4 nitrogen and oxygen atoms in total. The monoisotopic (exact) mass is 262 g/mol. The van der Waals surface area contributed by atoms with Crippen LogP contribution in [0.5, 0.6) is 0 Å². The molecular formula is C12H11FN4S. The van der Waals surface area contributed by atoms with Crippen molar-refractivity contribution in [1.82, 2.24) is 9.97 Å². The predicted molar refractivity (Wildman–Crippen MR) is 71.6 cm³/mol. The van der Waals surface area contributed by atoms with E-state index < -0.39 is 5.82 Å². The summed E-state index contributed by atoms with van der Waals surface area (Å²) < 4.78 is 13.6. The molecule has 0 saturated heterocycles. The van der Waals surface area contributed by atoms with E-state index in [1.807, 2.05) is 0 Å². The number of nitrogens with one attached hydrogen (secondary N) is 1. The molecule has 0 bridgehead atoms. The van der Waals surface area contributed by atoms with E-state index in [-0.39, 0.29) is 10.6 Å². The van der Waals surface area contributed by atoms with E-state index in [1.54, 1.807) is 24.4 Å². The van der Waals surface area contributed by atoms with Gasteiger partial charge in [0.15, 0.2) is 0 Å². The fraction of sp³-hybridized carbons (Fsp3) is 0.0833. The molecule has 2 aromatic rings. The summed E-state index contributed by atoms with van der Waals surface area (Å²) in [5.41, 5.74) is 7.10. The molecule has 18 heavy (non-hydrogen) atoms. The zero-order chi connectivity index (χ0) is 13.0. The van der Waals surface area contributed by atoms with Crippen LogP contribution in [0.4, 0.5) is 10.1 Å². The van der Waals surface area contributed by atoms with E-state index in [0.29, 0.717) is 12.2 Å². The lowest BCUT2D eigenvalue weighted by molar-refractivity contribution is 0.626. The molecule has 2 rings (SSSR count). The second kappa shape index (κ2) is 5.50. The molecule has 0 aliphatic rings. The van der Waals surface area contributed by atoms with Crippen molar-refractivity contribution in [1.29, 1.82) is 0 Å². The van der Waals surface area contributed by atoms with Gasteiger partial charge in [0.2, 0.25) is 0 Å². The first kappa shape index (κ1) is 12.4. The highest BCUT2D eigenvalue weighted by atomic mass is 32.1. The lowest BCUT2D eigenvalue weighted by Gasteiger charge is -2.07. The van der Waals surface area contributed by atoms with Crippen molar-refractivity contribution in [2.75, 3.05) is 5.32 Å². The van der Waals surface area contributed by atoms with Gasteiger partial charge in [-0.15, -0.1) is 0 Å². The molecule has 92 valence electrons. The second-order valence-corrected chi connectivity index (χ2v) is 4.05. The summed E-state index contributed by atoms with van der Waals surface area (Å²) >= 11 is 4.73. The zero-order valence-corrected chi connectivity index (χ0v) is 10.2. The van der Waals surface area contributed by atoms with Gasteiger partial charge in [-0.05, 0) is 24.3 Å². The number of nitrogens with zero attached hydrogens (tertiary/aromatic N) is 2. The van der Waals surface area contributed by atoms with Crippen LogP contribution in [0, 0.1) is 5.82 Å². The largest absolute Gasteiger partial charge is 0.389 e. The van der Waals surface area contributed by atoms with Crippen molar-refractivity contribution in [3.8, 4) is 0 Å². The summed E-state index contributed by atoms with van der Waals surface area (Å²) in [5.74, 6) is -0.435. The third kappa shape index (κ3) is 2.98. The van der Waals surface area contributed by atoms with Crippen LogP contribution in [0.15, 0.2) is 36.8 Å². The van der Waals surface area contributed by atoms with Gasteiger partial charge in [-0.1, -0.05) is 12.2 Å². The van der Waals surface area contributed by atoms with Crippen molar-refractivity contribution in [3.63, 3.8) is 0 Å². The van der Waals surface area contributed by atoms with Gasteiger partial charge < -0.3 is 11.1 Å². The summed E-state index contributed by atoms with van der Waals surface area (Å²) in [4.78, 5) is 7.92. The first-order chi connectivity index (χ1) is 8.66. The smallest absolute Gasteiger partial charge is 0.135 e. The van der Waals surface area contributed by atoms with Gasteiger partial charge in [0, 0.05) is 17.4 Å². The standard InChI is InChI=1S/C12H11FN4S/c13-11-5-8(1-2-10(11)12(14)18)16-6-9-3-4-15-7-17-9/h1-5,7,16H,6H2,(H2,14,18). The number of benzene rings is 1. The number of rotatable bonds is 4. The van der Waals surface area contributed by atoms with Gasteiger partial charge in [-0.25, -0.2) is 14.4 Å². The Morgan fingerprint density at radius 2 is 2.22 bits per heavy atom. The van der Waals surface area contributed by atoms with Gasteiger partial charge in [0.1, 0.15) is 17.1 Å². The van der Waals surface area contributed by atoms with Crippen LogP contribution < -0.4 is 11.1 Å². The highest BCUT2D eigenvalue weighted by Crippen LogP contribution is 2.15. The quantitative estimate of drug-likeness (QED) is 0.823. The number of thiocarbonyl (C=S) groups is 1. The van der Waals surface area contributed by atoms with Gasteiger partial charge in [-0.3, -0.25) is 0 Å². The van der Waals surface area contributed by atoms with E-state index in [9.17, 15) is 4.39 Å². The molecule has 0 unspecified atom stereocenters. The van der Waals surface area contributed by atoms with E-state index >= 15 is 0 Å². The summed E-state index contributed by atoms with van der Waals surface area (Å²) in [7, 11) is 0. The Labute approximate surface area is 109 Å². The average molecular weight is 262 g/mol. The first-order valence-corrected chi connectivity index (χ1v) is 5.66. The molecule has 0 fully saturated rings. The molecule has 0 aliphatic carbocycles. The molecule has 0 spiro atoms. The minimum absolute atomic E-state index is 0.0508. The molecule has 1 aromatic heterocycles. The fourth-order valence-corrected chi connectivity index (χ4v) is 1.61. The van der Waals surface area contributed by atoms with Gasteiger partial charge in [-0.2, -0.15) is 0 Å². The minimum atomic E-state index is -0.435. The Kier molecular flexibility index (Phi) is 3.78. The molecule has 1 aromatic carbocycles. The van der Waals surface area contributed by atoms with Crippen molar-refractivity contribution >= 4 is 22.9 Å². The lowest BCUT2D eigenvalue weighted by atomic mass is 10.2. The number of hydrogen-bond acceptors (Lipinski definition) is 4. The van der Waals surface area contributed by atoms with Gasteiger partial charge in [0.25, 0.3) is 0 Å². The molecule has 1 heterocycles. The van der Waals surface area contributed by atoms with Gasteiger partial charge >= 0.3 is 0 Å². The van der Waals surface area contributed by atoms with E-state index in [0.717, 1.165) is 5.69 Å². The Morgan fingerprint density at radius 3 is 2.83 bits per heavy atom. The normalized spacial score (nSPS) is 10.1. The Morgan fingerprint density at radius 1 is 1.39 bits per heavy atom. The summed E-state index contributed by atoms with van der Waals surface area (Å²) in [6.07, 6.45) is 3.12. The number of aromatic nitrogens is 2. The molecule has 3 N–H and O–H groups in total. The Hall–Kier alpha value is -2.08. The third-order valence-electron chi connectivity index (χ3n) is 2.35. The van der Waals surface area contributed by atoms with Crippen LogP contribution in [-0.2, 0) is 6.54 Å². The van der Waals surface area contributed by atoms with Crippen LogP contribution >= 0.6 is 12.2 Å².